The number of benzene rings is 2. The van der Waals surface area contributed by atoms with Crippen LogP contribution in [-0.4, -0.2) is 56.1 Å². The molecule has 0 N–H and O–H groups in total. The maximum atomic E-state index is 12.1. The summed E-state index contributed by atoms with van der Waals surface area (Å²) in [4.78, 5) is 20.8. The zero-order valence-corrected chi connectivity index (χ0v) is 21.0. The number of rotatable bonds is 6. The van der Waals surface area contributed by atoms with Gasteiger partial charge in [-0.1, -0.05) is 12.1 Å². The Balaban J connectivity index is 1.27. The molecular formula is C27H33N5O3. The van der Waals surface area contributed by atoms with Crippen LogP contribution in [0.1, 0.15) is 41.7 Å². The van der Waals surface area contributed by atoms with Crippen LogP contribution in [0.5, 0.6) is 5.75 Å². The Labute approximate surface area is 206 Å². The first kappa shape index (κ1) is 23.5. The molecular weight excluding hydrogens is 442 g/mol. The third-order valence-corrected chi connectivity index (χ3v) is 7.34. The van der Waals surface area contributed by atoms with Crippen LogP contribution in [-0.2, 0) is 19.5 Å². The predicted molar refractivity (Wildman–Crippen MR) is 135 cm³/mol. The van der Waals surface area contributed by atoms with Crippen molar-refractivity contribution in [2.75, 3.05) is 26.2 Å². The van der Waals surface area contributed by atoms with Crippen LogP contribution in [0.3, 0.4) is 0 Å². The summed E-state index contributed by atoms with van der Waals surface area (Å²) in [7, 11) is 0. The standard InChI is InChI=1S/C27H33N5O3/c1-19-20(2)26-23(15-27(3,4)35-26)24(25(19)32(33)34)17-30-13-11-29(12-14-30)16-21-5-7-22(8-6-21)31-10-9-28-18-31/h5-10,18H,11-17H2,1-4H3. The highest BCUT2D eigenvalue weighted by Crippen LogP contribution is 2.45. The highest BCUT2D eigenvalue weighted by Gasteiger charge is 2.38. The van der Waals surface area contributed by atoms with Crippen molar-refractivity contribution in [3.63, 3.8) is 0 Å². The zero-order chi connectivity index (χ0) is 24.7. The molecule has 2 aliphatic heterocycles. The van der Waals surface area contributed by atoms with Crippen molar-refractivity contribution in [3.8, 4) is 11.4 Å². The fourth-order valence-electron chi connectivity index (χ4n) is 5.33. The van der Waals surface area contributed by atoms with Crippen LogP contribution in [0.25, 0.3) is 5.69 Å². The zero-order valence-electron chi connectivity index (χ0n) is 21.0. The van der Waals surface area contributed by atoms with E-state index in [1.807, 2.05) is 24.6 Å². The highest BCUT2D eigenvalue weighted by molar-refractivity contribution is 5.63. The molecule has 35 heavy (non-hydrogen) atoms. The lowest BCUT2D eigenvalue weighted by molar-refractivity contribution is -0.386. The second kappa shape index (κ2) is 9.09. The lowest BCUT2D eigenvalue weighted by atomic mass is 9.91. The number of fused-ring (bicyclic) bond motifs is 1. The smallest absolute Gasteiger partial charge is 0.277 e. The van der Waals surface area contributed by atoms with Gasteiger partial charge in [0.15, 0.2) is 0 Å². The van der Waals surface area contributed by atoms with E-state index in [9.17, 15) is 10.1 Å². The molecule has 3 heterocycles. The summed E-state index contributed by atoms with van der Waals surface area (Å²) in [5, 5.41) is 12.1. The van der Waals surface area contributed by atoms with E-state index in [2.05, 4.69) is 52.9 Å². The Morgan fingerprint density at radius 2 is 1.69 bits per heavy atom. The van der Waals surface area contributed by atoms with Gasteiger partial charge in [-0.2, -0.15) is 0 Å². The van der Waals surface area contributed by atoms with Crippen molar-refractivity contribution in [2.45, 2.75) is 52.8 Å². The van der Waals surface area contributed by atoms with Gasteiger partial charge < -0.3 is 9.30 Å². The van der Waals surface area contributed by atoms with Crippen LogP contribution >= 0.6 is 0 Å². The molecule has 1 saturated heterocycles. The summed E-state index contributed by atoms with van der Waals surface area (Å²) in [5.74, 6) is 0.853. The molecule has 1 fully saturated rings. The SMILES string of the molecule is Cc1c(C)c([N+](=O)[O-])c(CN2CCN(Cc3ccc(-n4ccnc4)cc3)CC2)c2c1OC(C)(C)C2. The van der Waals surface area contributed by atoms with Crippen LogP contribution in [0.2, 0.25) is 0 Å². The average Bonchev–Trinajstić information content (AvgIpc) is 3.47. The van der Waals surface area contributed by atoms with E-state index in [1.165, 1.54) is 5.56 Å². The summed E-state index contributed by atoms with van der Waals surface area (Å²) >= 11 is 0. The lowest BCUT2D eigenvalue weighted by Crippen LogP contribution is -2.45. The molecule has 8 heteroatoms. The van der Waals surface area contributed by atoms with Gasteiger partial charge in [0.1, 0.15) is 11.4 Å². The Kier molecular flexibility index (Phi) is 6.11. The molecule has 0 unspecified atom stereocenters. The number of piperazine rings is 1. The van der Waals surface area contributed by atoms with E-state index >= 15 is 0 Å². The number of nitro benzene ring substituents is 1. The minimum Gasteiger partial charge on any atom is -0.487 e. The van der Waals surface area contributed by atoms with Gasteiger partial charge in [-0.15, -0.1) is 0 Å². The number of ether oxygens (including phenoxy) is 1. The highest BCUT2D eigenvalue weighted by atomic mass is 16.6. The maximum Gasteiger partial charge on any atom is 0.277 e. The van der Waals surface area contributed by atoms with Crippen molar-refractivity contribution >= 4 is 5.69 Å². The first-order valence-electron chi connectivity index (χ1n) is 12.2. The number of aromatic nitrogens is 2. The van der Waals surface area contributed by atoms with E-state index in [4.69, 9.17) is 4.74 Å². The van der Waals surface area contributed by atoms with Crippen molar-refractivity contribution < 1.29 is 9.66 Å². The summed E-state index contributed by atoms with van der Waals surface area (Å²) in [6, 6.07) is 8.59. The quantitative estimate of drug-likeness (QED) is 0.388. The molecule has 0 radical (unpaired) electrons. The number of hydrogen-bond donors (Lipinski definition) is 0. The van der Waals surface area contributed by atoms with Crippen molar-refractivity contribution in [1.29, 1.82) is 0 Å². The fraction of sp³-hybridized carbons (Fsp3) is 0.444. The summed E-state index contributed by atoms with van der Waals surface area (Å²) < 4.78 is 8.23. The van der Waals surface area contributed by atoms with Gasteiger partial charge in [-0.25, -0.2) is 4.98 Å². The summed E-state index contributed by atoms with van der Waals surface area (Å²) in [6.45, 7) is 13.0. The average molecular weight is 476 g/mol. The van der Waals surface area contributed by atoms with Crippen LogP contribution in [0.4, 0.5) is 5.69 Å². The fourth-order valence-corrected chi connectivity index (χ4v) is 5.33. The van der Waals surface area contributed by atoms with Crippen LogP contribution in [0.15, 0.2) is 43.0 Å². The first-order chi connectivity index (χ1) is 16.7. The molecule has 5 rings (SSSR count). The Morgan fingerprint density at radius 3 is 2.29 bits per heavy atom. The molecule has 0 atom stereocenters. The number of nitrogens with zero attached hydrogens (tertiary/aromatic N) is 5. The molecule has 2 aromatic carbocycles. The number of hydrogen-bond acceptors (Lipinski definition) is 6. The van der Waals surface area contributed by atoms with Crippen molar-refractivity contribution in [2.24, 2.45) is 0 Å². The molecule has 0 aliphatic carbocycles. The normalized spacial score (nSPS) is 17.8. The molecule has 3 aromatic rings. The third-order valence-electron chi connectivity index (χ3n) is 7.34. The van der Waals surface area contributed by atoms with Gasteiger partial charge in [-0.3, -0.25) is 19.9 Å². The second-order valence-corrected chi connectivity index (χ2v) is 10.4. The number of imidazole rings is 1. The van der Waals surface area contributed by atoms with Gasteiger partial charge in [0.2, 0.25) is 0 Å². The number of nitro groups is 1. The topological polar surface area (TPSA) is 76.7 Å². The van der Waals surface area contributed by atoms with Gasteiger partial charge in [0.25, 0.3) is 5.69 Å². The minimum atomic E-state index is -0.338. The third kappa shape index (κ3) is 4.68. The predicted octanol–water partition coefficient (Wildman–Crippen LogP) is 4.43. The second-order valence-electron chi connectivity index (χ2n) is 10.4. The van der Waals surface area contributed by atoms with Gasteiger partial charge in [0.05, 0.1) is 16.8 Å². The molecule has 184 valence electrons. The Morgan fingerprint density at radius 1 is 1.03 bits per heavy atom. The summed E-state index contributed by atoms with van der Waals surface area (Å²) in [6.07, 6.45) is 6.23. The minimum absolute atomic E-state index is 0.201. The Bertz CT molecular complexity index is 1230. The first-order valence-corrected chi connectivity index (χ1v) is 12.2. The van der Waals surface area contributed by atoms with Crippen molar-refractivity contribution in [3.05, 3.63) is 80.9 Å². The molecule has 0 saturated carbocycles. The van der Waals surface area contributed by atoms with Gasteiger partial charge >= 0.3 is 0 Å². The molecule has 8 nitrogen and oxygen atoms in total. The van der Waals surface area contributed by atoms with E-state index in [0.29, 0.717) is 13.0 Å². The maximum absolute atomic E-state index is 12.1. The lowest BCUT2D eigenvalue weighted by Gasteiger charge is -2.35. The van der Waals surface area contributed by atoms with Crippen LogP contribution < -0.4 is 4.74 Å². The van der Waals surface area contributed by atoms with E-state index < -0.39 is 0 Å². The molecule has 1 aromatic heterocycles. The molecule has 0 bridgehead atoms. The van der Waals surface area contributed by atoms with Crippen molar-refractivity contribution in [1.82, 2.24) is 19.4 Å². The van der Waals surface area contributed by atoms with Gasteiger partial charge in [-0.05, 0) is 45.4 Å². The largest absolute Gasteiger partial charge is 0.487 e. The molecule has 0 spiro atoms. The van der Waals surface area contributed by atoms with E-state index in [0.717, 1.165) is 66.4 Å². The van der Waals surface area contributed by atoms with Gasteiger partial charge in [0, 0.05) is 80.5 Å². The van der Waals surface area contributed by atoms with E-state index in [-0.39, 0.29) is 16.2 Å². The Hall–Kier alpha value is -3.23. The molecule has 2 aliphatic rings. The van der Waals surface area contributed by atoms with E-state index in [1.54, 1.807) is 12.5 Å². The molecule has 0 amide bonds. The van der Waals surface area contributed by atoms with Crippen LogP contribution in [0, 0.1) is 24.0 Å². The monoisotopic (exact) mass is 475 g/mol. The summed E-state index contributed by atoms with van der Waals surface area (Å²) in [5.41, 5.74) is 5.78.